The molecule has 0 aromatic heterocycles. The summed E-state index contributed by atoms with van der Waals surface area (Å²) in [6.07, 6.45) is 4.52. The molecule has 2 aromatic carbocycles. The summed E-state index contributed by atoms with van der Waals surface area (Å²) in [5.41, 5.74) is 1.27. The van der Waals surface area contributed by atoms with Crippen LogP contribution in [0.15, 0.2) is 41.3 Å². The summed E-state index contributed by atoms with van der Waals surface area (Å²) in [7, 11) is 7.56. The maximum absolute atomic E-state index is 12.8. The van der Waals surface area contributed by atoms with Crippen LogP contribution in [0.25, 0.3) is 12.2 Å². The molecule has 0 radical (unpaired) electrons. The van der Waals surface area contributed by atoms with Crippen molar-refractivity contribution >= 4 is 41.0 Å². The van der Waals surface area contributed by atoms with E-state index in [4.69, 9.17) is 23.7 Å². The van der Waals surface area contributed by atoms with Crippen molar-refractivity contribution in [1.82, 2.24) is 10.2 Å². The van der Waals surface area contributed by atoms with E-state index < -0.39 is 11.1 Å². The van der Waals surface area contributed by atoms with Gasteiger partial charge in [0.05, 0.1) is 40.5 Å². The second-order valence-corrected chi connectivity index (χ2v) is 8.52. The standard InChI is InChI=1S/C26H28N2O8S/c1-32-18-7-8-19(33-2)17(15-18)6-9-23(29)27-10-11-28-25(30)22(37-26(28)31)14-16-12-20(34-3)24(36-5)21(13-16)35-4/h6-9,12-15H,10-11H2,1-5H3,(H,27,29)/b9-6+,22-14-. The zero-order chi connectivity index (χ0) is 26.9. The minimum atomic E-state index is -0.449. The van der Waals surface area contributed by atoms with Crippen LogP contribution >= 0.6 is 11.8 Å². The lowest BCUT2D eigenvalue weighted by Gasteiger charge is -2.13. The Morgan fingerprint density at radius 1 is 0.919 bits per heavy atom. The third-order valence-corrected chi connectivity index (χ3v) is 6.25. The molecule has 10 nitrogen and oxygen atoms in total. The zero-order valence-electron chi connectivity index (χ0n) is 21.2. The molecule has 0 unspecified atom stereocenters. The normalized spacial score (nSPS) is 14.3. The lowest BCUT2D eigenvalue weighted by molar-refractivity contribution is -0.123. The van der Waals surface area contributed by atoms with Gasteiger partial charge in [0.15, 0.2) is 11.5 Å². The van der Waals surface area contributed by atoms with Crippen LogP contribution in [0.3, 0.4) is 0 Å². The molecule has 0 bridgehead atoms. The molecule has 0 atom stereocenters. The molecule has 0 aliphatic carbocycles. The fourth-order valence-corrected chi connectivity index (χ4v) is 4.38. The SMILES string of the molecule is COc1ccc(OC)c(/C=C/C(=O)NCCN2C(=O)S/C(=C\c3cc(OC)c(OC)c(OC)c3)C2=O)c1. The van der Waals surface area contributed by atoms with Crippen molar-refractivity contribution in [1.29, 1.82) is 0 Å². The van der Waals surface area contributed by atoms with Crippen molar-refractivity contribution < 1.29 is 38.1 Å². The van der Waals surface area contributed by atoms with E-state index in [9.17, 15) is 14.4 Å². The number of hydrogen-bond acceptors (Lipinski definition) is 9. The summed E-state index contributed by atoms with van der Waals surface area (Å²) in [5, 5.41) is 2.25. The highest BCUT2D eigenvalue weighted by Crippen LogP contribution is 2.40. The van der Waals surface area contributed by atoms with E-state index in [1.165, 1.54) is 34.5 Å². The summed E-state index contributed by atoms with van der Waals surface area (Å²) >= 11 is 0.821. The molecule has 1 aliphatic heterocycles. The topological polar surface area (TPSA) is 113 Å². The van der Waals surface area contributed by atoms with Crippen molar-refractivity contribution in [3.05, 3.63) is 52.4 Å². The van der Waals surface area contributed by atoms with Gasteiger partial charge in [-0.2, -0.15) is 0 Å². The molecule has 1 aliphatic rings. The first-order valence-corrected chi connectivity index (χ1v) is 11.9. The maximum Gasteiger partial charge on any atom is 0.293 e. The van der Waals surface area contributed by atoms with Gasteiger partial charge < -0.3 is 29.0 Å². The maximum atomic E-state index is 12.8. The van der Waals surface area contributed by atoms with Gasteiger partial charge in [-0.05, 0) is 59.8 Å². The first-order chi connectivity index (χ1) is 17.8. The predicted octanol–water partition coefficient (Wildman–Crippen LogP) is 3.60. The molecule has 1 N–H and O–H groups in total. The second kappa shape index (κ2) is 12.7. The van der Waals surface area contributed by atoms with Crippen molar-refractivity contribution in [2.24, 2.45) is 0 Å². The monoisotopic (exact) mass is 528 g/mol. The van der Waals surface area contributed by atoms with Gasteiger partial charge in [0.1, 0.15) is 11.5 Å². The average Bonchev–Trinajstić information content (AvgIpc) is 3.18. The molecule has 2 aromatic rings. The zero-order valence-corrected chi connectivity index (χ0v) is 22.0. The Bertz CT molecular complexity index is 1220. The Labute approximate surface area is 219 Å². The quantitative estimate of drug-likeness (QED) is 0.437. The Kier molecular flexibility index (Phi) is 9.45. The fraction of sp³-hybridized carbons (Fsp3) is 0.269. The number of hydrogen-bond donors (Lipinski definition) is 1. The summed E-state index contributed by atoms with van der Waals surface area (Å²) < 4.78 is 26.5. The third-order valence-electron chi connectivity index (χ3n) is 5.34. The number of carbonyl (C=O) groups is 3. The molecule has 3 rings (SSSR count). The van der Waals surface area contributed by atoms with Crippen LogP contribution in [0.5, 0.6) is 28.7 Å². The van der Waals surface area contributed by atoms with Crippen LogP contribution in [0.4, 0.5) is 4.79 Å². The summed E-state index contributed by atoms with van der Waals surface area (Å²) in [6.45, 7) is 0.118. The molecule has 1 heterocycles. The highest BCUT2D eigenvalue weighted by molar-refractivity contribution is 8.18. The number of thioether (sulfide) groups is 1. The number of rotatable bonds is 11. The average molecular weight is 529 g/mol. The molecule has 0 spiro atoms. The van der Waals surface area contributed by atoms with Gasteiger partial charge in [0, 0.05) is 24.7 Å². The summed E-state index contributed by atoms with van der Waals surface area (Å²) in [4.78, 5) is 38.9. The lowest BCUT2D eigenvalue weighted by atomic mass is 10.1. The van der Waals surface area contributed by atoms with Crippen LogP contribution in [-0.4, -0.2) is 70.6 Å². The first-order valence-electron chi connectivity index (χ1n) is 11.1. The minimum Gasteiger partial charge on any atom is -0.497 e. The number of imide groups is 1. The number of benzene rings is 2. The fourth-order valence-electron chi connectivity index (χ4n) is 3.51. The van der Waals surface area contributed by atoms with Gasteiger partial charge in [0.25, 0.3) is 11.1 Å². The number of nitrogens with zero attached hydrogens (tertiary/aromatic N) is 1. The van der Waals surface area contributed by atoms with E-state index >= 15 is 0 Å². The highest BCUT2D eigenvalue weighted by Gasteiger charge is 2.34. The van der Waals surface area contributed by atoms with E-state index in [1.807, 2.05) is 0 Å². The second-order valence-electron chi connectivity index (χ2n) is 7.52. The van der Waals surface area contributed by atoms with Crippen LogP contribution in [0, 0.1) is 0 Å². The lowest BCUT2D eigenvalue weighted by Crippen LogP contribution is -2.36. The van der Waals surface area contributed by atoms with Gasteiger partial charge in [-0.1, -0.05) is 0 Å². The third kappa shape index (κ3) is 6.56. The van der Waals surface area contributed by atoms with E-state index in [1.54, 1.807) is 49.6 Å². The molecule has 1 saturated heterocycles. The Balaban J connectivity index is 1.63. The molecule has 11 heteroatoms. The highest BCUT2D eigenvalue weighted by atomic mass is 32.2. The Morgan fingerprint density at radius 3 is 2.19 bits per heavy atom. The van der Waals surface area contributed by atoms with Gasteiger partial charge in [-0.15, -0.1) is 0 Å². The molecule has 1 fully saturated rings. The number of nitrogens with one attached hydrogen (secondary N) is 1. The van der Waals surface area contributed by atoms with Crippen molar-refractivity contribution in [2.75, 3.05) is 48.6 Å². The largest absolute Gasteiger partial charge is 0.497 e. The van der Waals surface area contributed by atoms with Crippen LogP contribution in [0.2, 0.25) is 0 Å². The van der Waals surface area contributed by atoms with Gasteiger partial charge in [0.2, 0.25) is 11.7 Å². The van der Waals surface area contributed by atoms with Gasteiger partial charge in [-0.3, -0.25) is 19.3 Å². The van der Waals surface area contributed by atoms with E-state index in [2.05, 4.69) is 5.32 Å². The van der Waals surface area contributed by atoms with Crippen molar-refractivity contribution in [3.8, 4) is 28.7 Å². The van der Waals surface area contributed by atoms with E-state index in [0.717, 1.165) is 16.7 Å². The molecule has 3 amide bonds. The predicted molar refractivity (Wildman–Crippen MR) is 140 cm³/mol. The molecule has 196 valence electrons. The van der Waals surface area contributed by atoms with Crippen molar-refractivity contribution in [2.45, 2.75) is 0 Å². The first kappa shape index (κ1) is 27.5. The summed E-state index contributed by atoms with van der Waals surface area (Å²) in [6, 6.07) is 8.59. The van der Waals surface area contributed by atoms with Gasteiger partial charge in [-0.25, -0.2) is 0 Å². The summed E-state index contributed by atoms with van der Waals surface area (Å²) in [5.74, 6) is 1.65. The van der Waals surface area contributed by atoms with Crippen molar-refractivity contribution in [3.63, 3.8) is 0 Å². The molecular weight excluding hydrogens is 500 g/mol. The number of amides is 3. The molecule has 37 heavy (non-hydrogen) atoms. The number of ether oxygens (including phenoxy) is 5. The number of carbonyl (C=O) groups excluding carboxylic acids is 3. The molecule has 0 saturated carbocycles. The van der Waals surface area contributed by atoms with Crippen LogP contribution < -0.4 is 29.0 Å². The Hall–Kier alpha value is -4.12. The minimum absolute atomic E-state index is 0.0271. The van der Waals surface area contributed by atoms with Gasteiger partial charge >= 0.3 is 0 Å². The van der Waals surface area contributed by atoms with Crippen LogP contribution in [0.1, 0.15) is 11.1 Å². The van der Waals surface area contributed by atoms with Crippen LogP contribution in [-0.2, 0) is 9.59 Å². The van der Waals surface area contributed by atoms with E-state index in [0.29, 0.717) is 39.9 Å². The van der Waals surface area contributed by atoms with E-state index in [-0.39, 0.29) is 23.9 Å². The smallest absolute Gasteiger partial charge is 0.293 e. The molecular formula is C26H28N2O8S. The number of methoxy groups -OCH3 is 5. The Morgan fingerprint density at radius 2 is 1.59 bits per heavy atom.